The molecule has 7 rings (SSSR count). The number of imidazole rings is 1. The lowest BCUT2D eigenvalue weighted by Crippen LogP contribution is -2.51. The SMILES string of the molecule is Cc1ncc2n1Cc1ccc(C#N)c(c1)Oc1ccc3cccc(c3c1)N1CCN(CC2)CC1=O. The first-order valence-corrected chi connectivity index (χ1v) is 11.9. The van der Waals surface area contributed by atoms with Crippen LogP contribution in [0, 0.1) is 18.3 Å². The summed E-state index contributed by atoms with van der Waals surface area (Å²) in [6.45, 7) is 5.29. The van der Waals surface area contributed by atoms with E-state index in [0.29, 0.717) is 36.7 Å². The predicted molar refractivity (Wildman–Crippen MR) is 134 cm³/mol. The highest BCUT2D eigenvalue weighted by atomic mass is 16.5. The van der Waals surface area contributed by atoms with E-state index in [1.165, 1.54) is 0 Å². The Morgan fingerprint density at radius 1 is 1.03 bits per heavy atom. The molecule has 4 aromatic rings. The minimum absolute atomic E-state index is 0.0995. The van der Waals surface area contributed by atoms with E-state index >= 15 is 0 Å². The van der Waals surface area contributed by atoms with Crippen molar-refractivity contribution >= 4 is 22.4 Å². The van der Waals surface area contributed by atoms with Crippen molar-refractivity contribution in [1.82, 2.24) is 14.5 Å². The van der Waals surface area contributed by atoms with Gasteiger partial charge >= 0.3 is 0 Å². The summed E-state index contributed by atoms with van der Waals surface area (Å²) < 4.78 is 8.47. The first-order chi connectivity index (χ1) is 17.1. The van der Waals surface area contributed by atoms with E-state index in [-0.39, 0.29) is 5.91 Å². The number of nitrogens with zero attached hydrogens (tertiary/aromatic N) is 5. The zero-order valence-corrected chi connectivity index (χ0v) is 19.6. The lowest BCUT2D eigenvalue weighted by molar-refractivity contribution is -0.121. The molecule has 7 heteroatoms. The zero-order chi connectivity index (χ0) is 23.9. The molecule has 1 saturated heterocycles. The number of ether oxygens (including phenoxy) is 1. The van der Waals surface area contributed by atoms with Crippen LogP contribution in [0.3, 0.4) is 0 Å². The average molecular weight is 464 g/mol. The van der Waals surface area contributed by atoms with Crippen LogP contribution in [0.4, 0.5) is 5.69 Å². The van der Waals surface area contributed by atoms with Gasteiger partial charge in [0.05, 0.1) is 17.8 Å². The number of hydrogen-bond acceptors (Lipinski definition) is 5. The van der Waals surface area contributed by atoms with Crippen molar-refractivity contribution in [3.8, 4) is 17.6 Å². The number of fused-ring (bicyclic) bond motifs is 3. The summed E-state index contributed by atoms with van der Waals surface area (Å²) in [6.07, 6.45) is 2.73. The lowest BCUT2D eigenvalue weighted by Gasteiger charge is -2.35. The number of carbonyl (C=O) groups is 1. The molecule has 1 amide bonds. The minimum atomic E-state index is 0.0995. The third kappa shape index (κ3) is 3.92. The molecule has 3 aliphatic rings. The molecule has 0 radical (unpaired) electrons. The molecule has 0 aliphatic carbocycles. The van der Waals surface area contributed by atoms with E-state index in [9.17, 15) is 10.1 Å². The van der Waals surface area contributed by atoms with Crippen LogP contribution in [0.2, 0.25) is 0 Å². The molecule has 3 aromatic carbocycles. The summed E-state index contributed by atoms with van der Waals surface area (Å²) in [5.74, 6) is 2.19. The predicted octanol–water partition coefficient (Wildman–Crippen LogP) is 4.26. The van der Waals surface area contributed by atoms with Crippen molar-refractivity contribution in [1.29, 1.82) is 5.26 Å². The summed E-state index contributed by atoms with van der Waals surface area (Å²) >= 11 is 0. The van der Waals surface area contributed by atoms with Gasteiger partial charge in [-0.2, -0.15) is 5.26 Å². The largest absolute Gasteiger partial charge is 0.456 e. The Morgan fingerprint density at radius 3 is 2.80 bits per heavy atom. The number of aryl methyl sites for hydroxylation is 1. The van der Waals surface area contributed by atoms with Gasteiger partial charge < -0.3 is 14.2 Å². The van der Waals surface area contributed by atoms with Crippen molar-refractivity contribution in [3.05, 3.63) is 83.4 Å². The number of hydrogen-bond donors (Lipinski definition) is 0. The van der Waals surface area contributed by atoms with Gasteiger partial charge in [0.1, 0.15) is 23.4 Å². The highest BCUT2D eigenvalue weighted by Gasteiger charge is 2.26. The number of piperazine rings is 1. The molecule has 1 fully saturated rings. The van der Waals surface area contributed by atoms with Crippen LogP contribution in [0.5, 0.6) is 11.5 Å². The quantitative estimate of drug-likeness (QED) is 0.390. The van der Waals surface area contributed by atoms with E-state index in [0.717, 1.165) is 53.1 Å². The Kier molecular flexibility index (Phi) is 5.24. The molecule has 1 atom stereocenters. The number of benzene rings is 3. The van der Waals surface area contributed by atoms with Crippen LogP contribution in [0.1, 0.15) is 22.6 Å². The summed E-state index contributed by atoms with van der Waals surface area (Å²) in [5.41, 5.74) is 3.54. The molecule has 3 aliphatic heterocycles. The van der Waals surface area contributed by atoms with Gasteiger partial charge in [-0.05, 0) is 48.2 Å². The standard InChI is InChI=1S/C28H25N5O2/c1-19-30-16-23-9-10-31-11-12-32(28(34)18-31)26-4-2-3-21-7-8-24(14-25(21)26)35-27-13-20(17-33(19)23)5-6-22(27)15-29/h2-8,13-14,16H,9-12,17-18H2,1H3. The van der Waals surface area contributed by atoms with E-state index < -0.39 is 0 Å². The van der Waals surface area contributed by atoms with Crippen molar-refractivity contribution in [3.63, 3.8) is 0 Å². The average Bonchev–Trinajstić information content (AvgIpc) is 3.21. The van der Waals surface area contributed by atoms with Crippen molar-refractivity contribution in [2.24, 2.45) is 0 Å². The molecule has 6 bridgehead atoms. The molecule has 0 N–H and O–H groups in total. The zero-order valence-electron chi connectivity index (χ0n) is 19.6. The molecule has 7 nitrogen and oxygen atoms in total. The Hall–Kier alpha value is -4.15. The second-order valence-electron chi connectivity index (χ2n) is 9.16. The second-order valence-corrected chi connectivity index (χ2v) is 9.16. The van der Waals surface area contributed by atoms with Crippen molar-refractivity contribution in [2.75, 3.05) is 31.1 Å². The van der Waals surface area contributed by atoms with Gasteiger partial charge in [-0.15, -0.1) is 0 Å². The highest BCUT2D eigenvalue weighted by Crippen LogP contribution is 2.34. The Labute approximate surface area is 203 Å². The van der Waals surface area contributed by atoms with Crippen LogP contribution in [0.15, 0.2) is 60.8 Å². The van der Waals surface area contributed by atoms with Crippen molar-refractivity contribution in [2.45, 2.75) is 19.9 Å². The summed E-state index contributed by atoms with van der Waals surface area (Å²) in [5, 5.41) is 11.7. The van der Waals surface area contributed by atoms with Gasteiger partial charge in [0.2, 0.25) is 5.91 Å². The first-order valence-electron chi connectivity index (χ1n) is 11.9. The molecule has 0 saturated carbocycles. The fraction of sp³-hybridized carbons (Fsp3) is 0.250. The van der Waals surface area contributed by atoms with Gasteiger partial charge in [0.25, 0.3) is 0 Å². The van der Waals surface area contributed by atoms with E-state index in [1.807, 2.05) is 72.6 Å². The number of rotatable bonds is 0. The third-order valence-corrected chi connectivity index (χ3v) is 6.98. The summed E-state index contributed by atoms with van der Waals surface area (Å²) in [4.78, 5) is 21.9. The fourth-order valence-electron chi connectivity index (χ4n) is 5.06. The number of amides is 1. The highest BCUT2D eigenvalue weighted by molar-refractivity contribution is 6.05. The fourth-order valence-corrected chi connectivity index (χ4v) is 5.06. The normalized spacial score (nSPS) is 17.7. The Morgan fingerprint density at radius 2 is 1.94 bits per heavy atom. The van der Waals surface area contributed by atoms with Gasteiger partial charge in [0, 0.05) is 49.9 Å². The number of carbonyl (C=O) groups excluding carboxylic acids is 1. The van der Waals surface area contributed by atoms with Crippen molar-refractivity contribution < 1.29 is 9.53 Å². The van der Waals surface area contributed by atoms with Gasteiger partial charge in [-0.25, -0.2) is 4.98 Å². The van der Waals surface area contributed by atoms with E-state index in [4.69, 9.17) is 4.74 Å². The maximum absolute atomic E-state index is 13.2. The number of anilines is 1. The minimum Gasteiger partial charge on any atom is -0.456 e. The van der Waals surface area contributed by atoms with Crippen LogP contribution in [-0.4, -0.2) is 46.5 Å². The first kappa shape index (κ1) is 21.4. The molecule has 4 heterocycles. The van der Waals surface area contributed by atoms with Crippen LogP contribution >= 0.6 is 0 Å². The molecular weight excluding hydrogens is 438 g/mol. The van der Waals surface area contributed by atoms with Gasteiger partial charge in [-0.1, -0.05) is 24.3 Å². The molecule has 1 unspecified atom stereocenters. The van der Waals surface area contributed by atoms with E-state index in [2.05, 4.69) is 20.5 Å². The smallest absolute Gasteiger partial charge is 0.241 e. The second kappa shape index (κ2) is 8.57. The lowest BCUT2D eigenvalue weighted by atomic mass is 10.1. The monoisotopic (exact) mass is 463 g/mol. The molecule has 35 heavy (non-hydrogen) atoms. The van der Waals surface area contributed by atoms with Crippen LogP contribution in [-0.2, 0) is 17.8 Å². The third-order valence-electron chi connectivity index (χ3n) is 6.98. The van der Waals surface area contributed by atoms with E-state index in [1.54, 1.807) is 0 Å². The maximum atomic E-state index is 13.2. The molecule has 0 spiro atoms. The Bertz CT molecular complexity index is 1500. The summed E-state index contributed by atoms with van der Waals surface area (Å²) in [7, 11) is 0. The molecule has 174 valence electrons. The van der Waals surface area contributed by atoms with Crippen LogP contribution < -0.4 is 9.64 Å². The topological polar surface area (TPSA) is 74.4 Å². The summed E-state index contributed by atoms with van der Waals surface area (Å²) in [6, 6.07) is 19.9. The van der Waals surface area contributed by atoms with Crippen LogP contribution in [0.25, 0.3) is 10.8 Å². The molecular formula is C28H25N5O2. The number of aromatic nitrogens is 2. The Balaban J connectivity index is 1.50. The van der Waals surface area contributed by atoms with Gasteiger partial charge in [-0.3, -0.25) is 9.69 Å². The van der Waals surface area contributed by atoms with Gasteiger partial charge in [0.15, 0.2) is 0 Å². The number of nitriles is 1. The maximum Gasteiger partial charge on any atom is 0.241 e. The molecule has 1 aromatic heterocycles.